The summed E-state index contributed by atoms with van der Waals surface area (Å²) in [4.78, 5) is 3.93. The van der Waals surface area contributed by atoms with Crippen LogP contribution in [-0.4, -0.2) is 16.1 Å². The van der Waals surface area contributed by atoms with Crippen LogP contribution in [0.15, 0.2) is 48.7 Å². The Hall–Kier alpha value is -1.94. The van der Waals surface area contributed by atoms with Crippen molar-refractivity contribution in [2.75, 3.05) is 5.32 Å². The molecule has 2 rings (SSSR count). The van der Waals surface area contributed by atoms with E-state index in [1.165, 1.54) is 12.3 Å². The molecule has 3 nitrogen and oxygen atoms in total. The Bertz CT molecular complexity index is 519. The molecule has 4 heteroatoms. The lowest BCUT2D eigenvalue weighted by Crippen LogP contribution is -2.20. The zero-order valence-corrected chi connectivity index (χ0v) is 10.8. The van der Waals surface area contributed by atoms with Gasteiger partial charge in [0, 0.05) is 12.2 Å². The quantitative estimate of drug-likeness (QED) is 0.868. The van der Waals surface area contributed by atoms with Crippen LogP contribution in [0.5, 0.6) is 0 Å². The smallest absolute Gasteiger partial charge is 0.165 e. The largest absolute Gasteiger partial charge is 0.388 e. The molecule has 0 aliphatic carbocycles. The highest BCUT2D eigenvalue weighted by Crippen LogP contribution is 2.20. The number of hydrogen-bond acceptors (Lipinski definition) is 3. The predicted octanol–water partition coefficient (Wildman–Crippen LogP) is 3.14. The fraction of sp³-hybridized carbons (Fsp3) is 0.267. The molecular weight excluding hydrogens is 243 g/mol. The maximum atomic E-state index is 13.4. The summed E-state index contributed by atoms with van der Waals surface area (Å²) in [6.07, 6.45) is 1.45. The highest BCUT2D eigenvalue weighted by Gasteiger charge is 2.13. The molecule has 0 bridgehead atoms. The number of rotatable bonds is 5. The van der Waals surface area contributed by atoms with Gasteiger partial charge in [0.2, 0.25) is 0 Å². The molecular formula is C15H17FN2O. The van der Waals surface area contributed by atoms with Gasteiger partial charge in [-0.3, -0.25) is 0 Å². The van der Waals surface area contributed by atoms with Crippen molar-refractivity contribution in [1.82, 2.24) is 4.98 Å². The molecule has 0 saturated carbocycles. The van der Waals surface area contributed by atoms with Crippen molar-refractivity contribution in [2.24, 2.45) is 0 Å². The van der Waals surface area contributed by atoms with E-state index in [0.29, 0.717) is 6.42 Å². The van der Waals surface area contributed by atoms with Crippen LogP contribution in [0.1, 0.15) is 25.0 Å². The number of aliphatic hydroxyl groups is 1. The minimum Gasteiger partial charge on any atom is -0.388 e. The van der Waals surface area contributed by atoms with Gasteiger partial charge in [-0.2, -0.15) is 0 Å². The van der Waals surface area contributed by atoms with Gasteiger partial charge < -0.3 is 10.4 Å². The first kappa shape index (κ1) is 13.5. The zero-order chi connectivity index (χ0) is 13.7. The standard InChI is InChI=1S/C15H17FN2O/c1-11(18-15-13(16)8-5-9-17-15)10-14(19)12-6-3-2-4-7-12/h2-9,11,14,19H,10H2,1H3,(H,17,18). The molecule has 0 spiro atoms. The average Bonchev–Trinajstić information content (AvgIpc) is 2.42. The minimum atomic E-state index is -0.574. The number of aromatic nitrogens is 1. The summed E-state index contributed by atoms with van der Waals surface area (Å²) in [6.45, 7) is 1.89. The zero-order valence-electron chi connectivity index (χ0n) is 10.8. The van der Waals surface area contributed by atoms with Crippen molar-refractivity contribution in [1.29, 1.82) is 0 Å². The van der Waals surface area contributed by atoms with Gasteiger partial charge >= 0.3 is 0 Å². The molecule has 0 aliphatic heterocycles. The van der Waals surface area contributed by atoms with Gasteiger partial charge in [-0.05, 0) is 31.0 Å². The molecule has 0 fully saturated rings. The van der Waals surface area contributed by atoms with Crippen LogP contribution < -0.4 is 5.32 Å². The number of hydrogen-bond donors (Lipinski definition) is 2. The maximum Gasteiger partial charge on any atom is 0.165 e. The van der Waals surface area contributed by atoms with Gasteiger partial charge in [-0.1, -0.05) is 30.3 Å². The first-order valence-electron chi connectivity index (χ1n) is 6.27. The lowest BCUT2D eigenvalue weighted by molar-refractivity contribution is 0.162. The van der Waals surface area contributed by atoms with Gasteiger partial charge in [0.25, 0.3) is 0 Å². The van der Waals surface area contributed by atoms with E-state index in [2.05, 4.69) is 10.3 Å². The van der Waals surface area contributed by atoms with E-state index in [1.54, 1.807) is 6.07 Å². The molecule has 1 aromatic heterocycles. The molecule has 2 unspecified atom stereocenters. The molecule has 1 heterocycles. The minimum absolute atomic E-state index is 0.0837. The second kappa shape index (κ2) is 6.29. The number of nitrogens with one attached hydrogen (secondary N) is 1. The second-order valence-corrected chi connectivity index (χ2v) is 4.54. The van der Waals surface area contributed by atoms with Gasteiger partial charge in [-0.25, -0.2) is 9.37 Å². The molecule has 0 aliphatic rings. The Morgan fingerprint density at radius 2 is 1.95 bits per heavy atom. The van der Waals surface area contributed by atoms with Crippen LogP contribution in [0.2, 0.25) is 0 Å². The van der Waals surface area contributed by atoms with E-state index in [9.17, 15) is 9.50 Å². The molecule has 1 aromatic carbocycles. The molecule has 2 atom stereocenters. The summed E-state index contributed by atoms with van der Waals surface area (Å²) in [5.41, 5.74) is 0.859. The Kier molecular flexibility index (Phi) is 4.47. The Morgan fingerprint density at radius 3 is 2.63 bits per heavy atom. The van der Waals surface area contributed by atoms with E-state index in [4.69, 9.17) is 0 Å². The average molecular weight is 260 g/mol. The number of nitrogens with zero attached hydrogens (tertiary/aromatic N) is 1. The van der Waals surface area contributed by atoms with Crippen molar-refractivity contribution < 1.29 is 9.50 Å². The monoisotopic (exact) mass is 260 g/mol. The van der Waals surface area contributed by atoms with E-state index in [0.717, 1.165) is 5.56 Å². The van der Waals surface area contributed by atoms with E-state index < -0.39 is 6.10 Å². The van der Waals surface area contributed by atoms with E-state index >= 15 is 0 Å². The lowest BCUT2D eigenvalue weighted by Gasteiger charge is -2.18. The molecule has 2 N–H and O–H groups in total. The summed E-state index contributed by atoms with van der Waals surface area (Å²) in [7, 11) is 0. The van der Waals surface area contributed by atoms with Crippen LogP contribution in [0, 0.1) is 5.82 Å². The number of halogens is 1. The van der Waals surface area contributed by atoms with Gasteiger partial charge in [0.15, 0.2) is 11.6 Å². The predicted molar refractivity (Wildman–Crippen MR) is 73.3 cm³/mol. The number of pyridine rings is 1. The molecule has 0 saturated heterocycles. The SMILES string of the molecule is CC(CC(O)c1ccccc1)Nc1ncccc1F. The third-order valence-corrected chi connectivity index (χ3v) is 2.90. The van der Waals surface area contributed by atoms with E-state index in [-0.39, 0.29) is 17.7 Å². The summed E-state index contributed by atoms with van der Waals surface area (Å²) in [5, 5.41) is 13.0. The second-order valence-electron chi connectivity index (χ2n) is 4.54. The summed E-state index contributed by atoms with van der Waals surface area (Å²) >= 11 is 0. The number of aliphatic hydroxyl groups excluding tert-OH is 1. The third-order valence-electron chi connectivity index (χ3n) is 2.90. The fourth-order valence-electron chi connectivity index (χ4n) is 1.93. The summed E-state index contributed by atoms with van der Waals surface area (Å²) in [6, 6.07) is 12.2. The highest BCUT2D eigenvalue weighted by atomic mass is 19.1. The van der Waals surface area contributed by atoms with Gasteiger partial charge in [-0.15, -0.1) is 0 Å². The van der Waals surface area contributed by atoms with Crippen LogP contribution in [0.3, 0.4) is 0 Å². The molecule has 0 radical (unpaired) electrons. The first-order chi connectivity index (χ1) is 9.16. The normalized spacial score (nSPS) is 13.8. The van der Waals surface area contributed by atoms with Crippen molar-refractivity contribution >= 4 is 5.82 Å². The highest BCUT2D eigenvalue weighted by molar-refractivity contribution is 5.36. The third kappa shape index (κ3) is 3.76. The van der Waals surface area contributed by atoms with E-state index in [1.807, 2.05) is 37.3 Å². The fourth-order valence-corrected chi connectivity index (χ4v) is 1.93. The van der Waals surface area contributed by atoms with Crippen LogP contribution in [0.4, 0.5) is 10.2 Å². The Labute approximate surface area is 112 Å². The van der Waals surface area contributed by atoms with Crippen molar-refractivity contribution in [3.63, 3.8) is 0 Å². The van der Waals surface area contributed by atoms with Crippen molar-refractivity contribution in [3.8, 4) is 0 Å². The molecule has 0 amide bonds. The number of benzene rings is 1. The van der Waals surface area contributed by atoms with Gasteiger partial charge in [0.05, 0.1) is 6.10 Å². The molecule has 100 valence electrons. The summed E-state index contributed by atoms with van der Waals surface area (Å²) in [5.74, 6) is -0.168. The lowest BCUT2D eigenvalue weighted by atomic mass is 10.0. The topological polar surface area (TPSA) is 45.1 Å². The Morgan fingerprint density at radius 1 is 1.21 bits per heavy atom. The van der Waals surface area contributed by atoms with Crippen molar-refractivity contribution in [2.45, 2.75) is 25.5 Å². The van der Waals surface area contributed by atoms with Crippen LogP contribution >= 0.6 is 0 Å². The molecule has 19 heavy (non-hydrogen) atoms. The van der Waals surface area contributed by atoms with Crippen molar-refractivity contribution in [3.05, 3.63) is 60.0 Å². The first-order valence-corrected chi connectivity index (χ1v) is 6.27. The van der Waals surface area contributed by atoms with Crippen LogP contribution in [-0.2, 0) is 0 Å². The van der Waals surface area contributed by atoms with Crippen LogP contribution in [0.25, 0.3) is 0 Å². The van der Waals surface area contributed by atoms with Gasteiger partial charge in [0.1, 0.15) is 0 Å². The number of anilines is 1. The Balaban J connectivity index is 1.95. The molecule has 2 aromatic rings. The summed E-state index contributed by atoms with van der Waals surface area (Å²) < 4.78 is 13.4. The maximum absolute atomic E-state index is 13.4.